The number of hydrogen-bond donors (Lipinski definition) is 2. The van der Waals surface area contributed by atoms with E-state index >= 15 is 0 Å². The molecule has 0 saturated heterocycles. The van der Waals surface area contributed by atoms with E-state index in [-0.39, 0.29) is 6.42 Å². The molecule has 2 rings (SSSR count). The second-order valence-corrected chi connectivity index (χ2v) is 4.97. The van der Waals surface area contributed by atoms with E-state index in [0.717, 1.165) is 21.6 Å². The molecule has 0 amide bonds. The first-order chi connectivity index (χ1) is 8.63. The molecule has 18 heavy (non-hydrogen) atoms. The summed E-state index contributed by atoms with van der Waals surface area (Å²) < 4.78 is 1.04. The highest BCUT2D eigenvalue weighted by atomic mass is 79.9. The van der Waals surface area contributed by atoms with E-state index in [2.05, 4.69) is 25.9 Å². The summed E-state index contributed by atoms with van der Waals surface area (Å²) in [5.41, 5.74) is 2.02. The van der Waals surface area contributed by atoms with Gasteiger partial charge in [-0.3, -0.25) is 4.79 Å². The molecule has 0 aliphatic heterocycles. The number of H-pyrrole nitrogens is 1. The lowest BCUT2D eigenvalue weighted by atomic mass is 10.1. The zero-order valence-corrected chi connectivity index (χ0v) is 11.3. The second-order valence-electron chi connectivity index (χ2n) is 4.06. The number of aryl methyl sites for hydroxylation is 1. The Morgan fingerprint density at radius 1 is 1.44 bits per heavy atom. The SMILES string of the molecule is O=C(O)CCc1cnc(Cc2cccc(Br)c2)[nH]1. The summed E-state index contributed by atoms with van der Waals surface area (Å²) in [5.74, 6) is 0.0617. The number of rotatable bonds is 5. The molecule has 2 aromatic rings. The van der Waals surface area contributed by atoms with Crippen molar-refractivity contribution in [3.05, 3.63) is 52.0 Å². The van der Waals surface area contributed by atoms with Gasteiger partial charge in [0.1, 0.15) is 5.82 Å². The average Bonchev–Trinajstić information content (AvgIpc) is 2.74. The largest absolute Gasteiger partial charge is 0.481 e. The first-order valence-electron chi connectivity index (χ1n) is 5.62. The number of aliphatic carboxylic acids is 1. The maximum absolute atomic E-state index is 10.5. The third-order valence-corrected chi connectivity index (χ3v) is 3.04. The van der Waals surface area contributed by atoms with Crippen LogP contribution in [0.2, 0.25) is 0 Å². The number of nitrogens with zero attached hydrogens (tertiary/aromatic N) is 1. The van der Waals surface area contributed by atoms with Crippen molar-refractivity contribution in [1.29, 1.82) is 0 Å². The molecular formula is C13H13BrN2O2. The molecule has 94 valence electrons. The number of benzene rings is 1. The number of nitrogens with one attached hydrogen (secondary N) is 1. The van der Waals surface area contributed by atoms with E-state index in [4.69, 9.17) is 5.11 Å². The Balaban J connectivity index is 2.00. The minimum Gasteiger partial charge on any atom is -0.481 e. The fourth-order valence-corrected chi connectivity index (χ4v) is 2.15. The lowest BCUT2D eigenvalue weighted by Gasteiger charge is -1.99. The molecule has 4 nitrogen and oxygen atoms in total. The third-order valence-electron chi connectivity index (χ3n) is 2.55. The van der Waals surface area contributed by atoms with Crippen molar-refractivity contribution in [3.63, 3.8) is 0 Å². The summed E-state index contributed by atoms with van der Waals surface area (Å²) in [6.45, 7) is 0. The van der Waals surface area contributed by atoms with Gasteiger partial charge in [-0.1, -0.05) is 28.1 Å². The summed E-state index contributed by atoms with van der Waals surface area (Å²) in [7, 11) is 0. The van der Waals surface area contributed by atoms with Gasteiger partial charge in [0, 0.05) is 22.8 Å². The average molecular weight is 309 g/mol. The molecule has 0 spiro atoms. The first kappa shape index (κ1) is 12.8. The van der Waals surface area contributed by atoms with Crippen molar-refractivity contribution in [2.24, 2.45) is 0 Å². The standard InChI is InChI=1S/C13H13BrN2O2/c14-10-3-1-2-9(6-10)7-12-15-8-11(16-12)4-5-13(17)18/h1-3,6,8H,4-5,7H2,(H,15,16)(H,17,18). The highest BCUT2D eigenvalue weighted by molar-refractivity contribution is 9.10. The normalized spacial score (nSPS) is 10.5. The van der Waals surface area contributed by atoms with Gasteiger partial charge in [0.2, 0.25) is 0 Å². The van der Waals surface area contributed by atoms with Gasteiger partial charge in [0.15, 0.2) is 0 Å². The number of halogens is 1. The van der Waals surface area contributed by atoms with Crippen molar-refractivity contribution < 1.29 is 9.90 Å². The van der Waals surface area contributed by atoms with Crippen LogP contribution in [0.1, 0.15) is 23.5 Å². The number of carboxylic acid groups (broad SMARTS) is 1. The molecule has 0 fully saturated rings. The van der Waals surface area contributed by atoms with Crippen LogP contribution in [0, 0.1) is 0 Å². The molecule has 0 aliphatic rings. The number of hydrogen-bond acceptors (Lipinski definition) is 2. The Morgan fingerprint density at radius 2 is 2.28 bits per heavy atom. The van der Waals surface area contributed by atoms with Gasteiger partial charge in [0.05, 0.1) is 6.42 Å². The number of carbonyl (C=O) groups is 1. The first-order valence-corrected chi connectivity index (χ1v) is 6.42. The number of carboxylic acids is 1. The van der Waals surface area contributed by atoms with E-state index in [9.17, 15) is 4.79 Å². The summed E-state index contributed by atoms with van der Waals surface area (Å²) in [5, 5.41) is 8.61. The molecule has 1 aromatic carbocycles. The van der Waals surface area contributed by atoms with E-state index in [1.54, 1.807) is 6.20 Å². The topological polar surface area (TPSA) is 66.0 Å². The van der Waals surface area contributed by atoms with Crippen LogP contribution >= 0.6 is 15.9 Å². The lowest BCUT2D eigenvalue weighted by Crippen LogP contribution is -1.98. The molecule has 0 bridgehead atoms. The van der Waals surface area contributed by atoms with Crippen LogP contribution in [0.4, 0.5) is 0 Å². The molecule has 2 N–H and O–H groups in total. The van der Waals surface area contributed by atoms with Crippen molar-refractivity contribution in [2.75, 3.05) is 0 Å². The fraction of sp³-hybridized carbons (Fsp3) is 0.231. The lowest BCUT2D eigenvalue weighted by molar-refractivity contribution is -0.136. The van der Waals surface area contributed by atoms with Gasteiger partial charge in [0.25, 0.3) is 0 Å². The minimum absolute atomic E-state index is 0.124. The van der Waals surface area contributed by atoms with E-state index in [1.165, 1.54) is 0 Å². The maximum Gasteiger partial charge on any atom is 0.303 e. The third kappa shape index (κ3) is 3.70. The molecule has 0 unspecified atom stereocenters. The van der Waals surface area contributed by atoms with Crippen molar-refractivity contribution >= 4 is 21.9 Å². The maximum atomic E-state index is 10.5. The number of aromatic amines is 1. The van der Waals surface area contributed by atoms with Gasteiger partial charge in [-0.05, 0) is 24.1 Å². The molecule has 1 aromatic heterocycles. The van der Waals surface area contributed by atoms with Crippen molar-refractivity contribution in [2.45, 2.75) is 19.3 Å². The van der Waals surface area contributed by atoms with Crippen LogP contribution < -0.4 is 0 Å². The Labute approximate surface area is 113 Å². The predicted octanol–water partition coefficient (Wildman–Crippen LogP) is 2.78. The van der Waals surface area contributed by atoms with Crippen LogP contribution in [0.25, 0.3) is 0 Å². The van der Waals surface area contributed by atoms with Crippen molar-refractivity contribution in [1.82, 2.24) is 9.97 Å². The zero-order valence-electron chi connectivity index (χ0n) is 9.69. The monoisotopic (exact) mass is 308 g/mol. The van der Waals surface area contributed by atoms with Crippen LogP contribution in [-0.4, -0.2) is 21.0 Å². The summed E-state index contributed by atoms with van der Waals surface area (Å²) in [6, 6.07) is 8.03. The van der Waals surface area contributed by atoms with Gasteiger partial charge < -0.3 is 10.1 Å². The van der Waals surface area contributed by atoms with Crippen LogP contribution in [0.5, 0.6) is 0 Å². The zero-order chi connectivity index (χ0) is 13.0. The van der Waals surface area contributed by atoms with E-state index < -0.39 is 5.97 Å². The Kier molecular flexibility index (Phi) is 4.15. The number of aromatic nitrogens is 2. The quantitative estimate of drug-likeness (QED) is 0.892. The fourth-order valence-electron chi connectivity index (χ4n) is 1.70. The smallest absolute Gasteiger partial charge is 0.303 e. The van der Waals surface area contributed by atoms with Gasteiger partial charge in [-0.25, -0.2) is 4.98 Å². The second kappa shape index (κ2) is 5.82. The highest BCUT2D eigenvalue weighted by Gasteiger charge is 2.04. The van der Waals surface area contributed by atoms with Gasteiger partial charge >= 0.3 is 5.97 Å². The highest BCUT2D eigenvalue weighted by Crippen LogP contribution is 2.14. The predicted molar refractivity (Wildman–Crippen MR) is 71.5 cm³/mol. The van der Waals surface area contributed by atoms with E-state index in [0.29, 0.717) is 12.8 Å². The molecule has 1 heterocycles. The van der Waals surface area contributed by atoms with Crippen molar-refractivity contribution in [3.8, 4) is 0 Å². The molecule has 5 heteroatoms. The van der Waals surface area contributed by atoms with E-state index in [1.807, 2.05) is 24.3 Å². The Bertz CT molecular complexity index is 551. The summed E-state index contributed by atoms with van der Waals surface area (Å²) in [4.78, 5) is 17.9. The molecular weight excluding hydrogens is 296 g/mol. The summed E-state index contributed by atoms with van der Waals surface area (Å²) >= 11 is 3.43. The Morgan fingerprint density at radius 3 is 3.00 bits per heavy atom. The summed E-state index contributed by atoms with van der Waals surface area (Å²) in [6.07, 6.45) is 3.03. The number of imidazole rings is 1. The van der Waals surface area contributed by atoms with Gasteiger partial charge in [-0.2, -0.15) is 0 Å². The van der Waals surface area contributed by atoms with Crippen LogP contribution in [0.15, 0.2) is 34.9 Å². The van der Waals surface area contributed by atoms with Gasteiger partial charge in [-0.15, -0.1) is 0 Å². The molecule has 0 saturated carbocycles. The van der Waals surface area contributed by atoms with Crippen LogP contribution in [0.3, 0.4) is 0 Å². The Hall–Kier alpha value is -1.62. The molecule has 0 radical (unpaired) electrons. The minimum atomic E-state index is -0.793. The van der Waals surface area contributed by atoms with Crippen LogP contribution in [-0.2, 0) is 17.6 Å². The molecule has 0 atom stereocenters. The molecule has 0 aliphatic carbocycles.